The Morgan fingerprint density at radius 3 is 2.74 bits per heavy atom. The molecule has 3 aromatic rings. The minimum atomic E-state index is -1.94. The number of rotatable bonds is 7. The number of aliphatic hydroxyl groups is 1. The molecule has 4 heterocycles. The number of pyridine rings is 2. The van der Waals surface area contributed by atoms with Crippen LogP contribution in [0.4, 0.5) is 4.39 Å². The van der Waals surface area contributed by atoms with Crippen molar-refractivity contribution in [2.45, 2.75) is 89.8 Å². The average molecular weight is 612 g/mol. The standard InChI is InChI=1S/C31H34FN3O5S2/c1-6-30(4,5)42-41-14-24(36)33-21-9-8-16-15(3)20(32)11-22-25(16)26(21)17-12-35-23(27(17)34-22)10-19-18(28(35)37)13-40-29(38)31(19,39)7-2/h10-11,21,39H,6-9,12-14H2,1-5H3,(H,33,36)/t21-,31-/m0/s1. The molecule has 0 fully saturated rings. The fourth-order valence-corrected chi connectivity index (χ4v) is 8.73. The third-order valence-corrected chi connectivity index (χ3v) is 12.3. The zero-order valence-corrected chi connectivity index (χ0v) is 26.0. The first-order valence-electron chi connectivity index (χ1n) is 14.3. The molecule has 11 heteroatoms. The molecule has 2 aromatic heterocycles. The fraction of sp³-hybridized carbons (Fsp3) is 0.484. The molecule has 3 aliphatic rings. The van der Waals surface area contributed by atoms with Crippen molar-refractivity contribution in [3.05, 3.63) is 61.7 Å². The van der Waals surface area contributed by atoms with E-state index >= 15 is 4.39 Å². The zero-order chi connectivity index (χ0) is 30.1. The van der Waals surface area contributed by atoms with Crippen LogP contribution in [-0.2, 0) is 39.5 Å². The van der Waals surface area contributed by atoms with Gasteiger partial charge in [0.05, 0.1) is 40.8 Å². The molecule has 0 spiro atoms. The molecule has 0 unspecified atom stereocenters. The van der Waals surface area contributed by atoms with Gasteiger partial charge in [0.15, 0.2) is 5.60 Å². The van der Waals surface area contributed by atoms with Crippen LogP contribution >= 0.6 is 21.6 Å². The monoisotopic (exact) mass is 611 g/mol. The Morgan fingerprint density at radius 2 is 2.02 bits per heavy atom. The number of aryl methyl sites for hydroxylation is 1. The van der Waals surface area contributed by atoms with Crippen molar-refractivity contribution < 1.29 is 23.8 Å². The second kappa shape index (κ2) is 10.4. The topological polar surface area (TPSA) is 111 Å². The highest BCUT2D eigenvalue weighted by molar-refractivity contribution is 8.77. The van der Waals surface area contributed by atoms with Gasteiger partial charge in [0.25, 0.3) is 5.56 Å². The van der Waals surface area contributed by atoms with Gasteiger partial charge in [0, 0.05) is 27.3 Å². The summed E-state index contributed by atoms with van der Waals surface area (Å²) in [6.07, 6.45) is 2.21. The van der Waals surface area contributed by atoms with Gasteiger partial charge in [0.2, 0.25) is 5.91 Å². The molecule has 0 bridgehead atoms. The van der Waals surface area contributed by atoms with Crippen molar-refractivity contribution in [2.75, 3.05) is 5.75 Å². The number of fused-ring (bicyclic) bond motifs is 5. The normalized spacial score (nSPS) is 20.6. The highest BCUT2D eigenvalue weighted by Gasteiger charge is 2.46. The van der Waals surface area contributed by atoms with Crippen molar-refractivity contribution in [2.24, 2.45) is 0 Å². The van der Waals surface area contributed by atoms with Gasteiger partial charge in [0.1, 0.15) is 12.4 Å². The molecule has 2 N–H and O–H groups in total. The van der Waals surface area contributed by atoms with Crippen molar-refractivity contribution >= 4 is 44.4 Å². The van der Waals surface area contributed by atoms with Crippen LogP contribution in [0.3, 0.4) is 0 Å². The molecule has 0 saturated heterocycles. The Morgan fingerprint density at radius 1 is 1.26 bits per heavy atom. The van der Waals surface area contributed by atoms with Crippen LogP contribution in [0.15, 0.2) is 16.9 Å². The summed E-state index contributed by atoms with van der Waals surface area (Å²) in [6.45, 7) is 9.85. The molecule has 1 amide bonds. The van der Waals surface area contributed by atoms with Crippen LogP contribution in [0, 0.1) is 12.7 Å². The lowest BCUT2D eigenvalue weighted by Crippen LogP contribution is -2.44. The van der Waals surface area contributed by atoms with E-state index in [2.05, 4.69) is 26.1 Å². The number of nitrogens with one attached hydrogen (secondary N) is 1. The van der Waals surface area contributed by atoms with Gasteiger partial charge in [-0.1, -0.05) is 35.4 Å². The van der Waals surface area contributed by atoms with Crippen LogP contribution in [0.5, 0.6) is 0 Å². The highest BCUT2D eigenvalue weighted by atomic mass is 33.1. The first-order chi connectivity index (χ1) is 19.9. The molecule has 0 radical (unpaired) electrons. The van der Waals surface area contributed by atoms with Crippen LogP contribution in [-0.4, -0.2) is 37.0 Å². The Hall–Kier alpha value is -2.89. The molecule has 2 aliphatic heterocycles. The average Bonchev–Trinajstić information content (AvgIpc) is 3.33. The lowest BCUT2D eigenvalue weighted by atomic mass is 9.81. The molecule has 1 aliphatic carbocycles. The van der Waals surface area contributed by atoms with Crippen LogP contribution in [0.2, 0.25) is 0 Å². The van der Waals surface area contributed by atoms with Gasteiger partial charge < -0.3 is 19.7 Å². The molecule has 6 rings (SSSR count). The summed E-state index contributed by atoms with van der Waals surface area (Å²) in [5.41, 5.74) is 2.68. The lowest BCUT2D eigenvalue weighted by molar-refractivity contribution is -0.172. The second-order valence-corrected chi connectivity index (χ2v) is 14.9. The number of carbonyl (C=O) groups excluding carboxylic acids is 2. The smallest absolute Gasteiger partial charge is 0.343 e. The summed E-state index contributed by atoms with van der Waals surface area (Å²) in [5.74, 6) is -0.928. The van der Waals surface area contributed by atoms with Crippen LogP contribution < -0.4 is 10.9 Å². The SMILES string of the molecule is CCC(C)(C)SSCC(=O)N[C@H]1CCc2c(C)c(F)cc3nc4c(c1c23)Cn1c-4cc2c(c1=O)COC(=O)[C@]2(O)CC. The van der Waals surface area contributed by atoms with Gasteiger partial charge in [-0.2, -0.15) is 0 Å². The van der Waals surface area contributed by atoms with E-state index in [1.54, 1.807) is 35.3 Å². The molecule has 222 valence electrons. The Labute approximate surface area is 251 Å². The maximum Gasteiger partial charge on any atom is 0.343 e. The molecule has 8 nitrogen and oxygen atoms in total. The molecular weight excluding hydrogens is 577 g/mol. The van der Waals surface area contributed by atoms with Crippen molar-refractivity contribution in [3.63, 3.8) is 0 Å². The summed E-state index contributed by atoms with van der Waals surface area (Å²) in [7, 11) is 3.23. The number of hydrogen-bond donors (Lipinski definition) is 2. The van der Waals surface area contributed by atoms with Crippen molar-refractivity contribution in [1.82, 2.24) is 14.9 Å². The highest BCUT2D eigenvalue weighted by Crippen LogP contribution is 2.46. The largest absolute Gasteiger partial charge is 0.458 e. The van der Waals surface area contributed by atoms with E-state index in [1.807, 2.05) is 0 Å². The summed E-state index contributed by atoms with van der Waals surface area (Å²) in [5, 5.41) is 15.3. The number of benzene rings is 1. The Kier molecular flexibility index (Phi) is 7.21. The van der Waals surface area contributed by atoms with Gasteiger partial charge in [-0.15, -0.1) is 0 Å². The van der Waals surface area contributed by atoms with E-state index in [9.17, 15) is 19.5 Å². The van der Waals surface area contributed by atoms with Gasteiger partial charge in [-0.05, 0) is 69.2 Å². The number of amides is 1. The maximum atomic E-state index is 15.1. The minimum absolute atomic E-state index is 0.0403. The van der Waals surface area contributed by atoms with Crippen LogP contribution in [0.25, 0.3) is 22.3 Å². The van der Waals surface area contributed by atoms with Gasteiger partial charge in [-0.3, -0.25) is 9.59 Å². The molecule has 1 aromatic carbocycles. The number of nitrogens with zero attached hydrogens (tertiary/aromatic N) is 2. The lowest BCUT2D eigenvalue weighted by Gasteiger charge is -2.31. The van der Waals surface area contributed by atoms with E-state index < -0.39 is 11.6 Å². The maximum absolute atomic E-state index is 15.1. The first-order valence-corrected chi connectivity index (χ1v) is 16.6. The van der Waals surface area contributed by atoms with Crippen molar-refractivity contribution in [3.8, 4) is 11.4 Å². The Balaban J connectivity index is 1.48. The number of halogens is 1. The number of ether oxygens (including phenoxy) is 1. The van der Waals surface area contributed by atoms with E-state index in [0.29, 0.717) is 41.1 Å². The fourth-order valence-electron chi connectivity index (χ4n) is 6.24. The summed E-state index contributed by atoms with van der Waals surface area (Å²) < 4.78 is 21.9. The van der Waals surface area contributed by atoms with E-state index in [-0.39, 0.29) is 58.8 Å². The number of hydrogen-bond acceptors (Lipinski definition) is 8. The number of carbonyl (C=O) groups is 2. The van der Waals surface area contributed by atoms with E-state index in [1.165, 1.54) is 16.9 Å². The molecular formula is C31H34FN3O5S2. The van der Waals surface area contributed by atoms with Crippen molar-refractivity contribution in [1.29, 1.82) is 0 Å². The first kappa shape index (κ1) is 29.2. The third kappa shape index (κ3) is 4.46. The molecule has 42 heavy (non-hydrogen) atoms. The number of aromatic nitrogens is 2. The van der Waals surface area contributed by atoms with E-state index in [4.69, 9.17) is 9.72 Å². The summed E-state index contributed by atoms with van der Waals surface area (Å²) in [6, 6.07) is 2.74. The minimum Gasteiger partial charge on any atom is -0.458 e. The van der Waals surface area contributed by atoms with E-state index in [0.717, 1.165) is 28.5 Å². The number of esters is 1. The van der Waals surface area contributed by atoms with Crippen LogP contribution in [0.1, 0.15) is 86.4 Å². The number of cyclic esters (lactones) is 1. The van der Waals surface area contributed by atoms with Gasteiger partial charge in [-0.25, -0.2) is 14.2 Å². The molecule has 0 saturated carbocycles. The second-order valence-electron chi connectivity index (χ2n) is 11.9. The molecule has 2 atom stereocenters. The quantitative estimate of drug-likeness (QED) is 0.217. The van der Waals surface area contributed by atoms with Gasteiger partial charge >= 0.3 is 5.97 Å². The predicted octanol–water partition coefficient (Wildman–Crippen LogP) is 5.20. The zero-order valence-electron chi connectivity index (χ0n) is 24.4. The summed E-state index contributed by atoms with van der Waals surface area (Å²) >= 11 is 0. The third-order valence-electron chi connectivity index (χ3n) is 9.04. The summed E-state index contributed by atoms with van der Waals surface area (Å²) in [4.78, 5) is 44.4. The Bertz CT molecular complexity index is 1740. The predicted molar refractivity (Wildman–Crippen MR) is 163 cm³/mol.